The zero-order chi connectivity index (χ0) is 22.6. The van der Waals surface area contributed by atoms with Crippen molar-refractivity contribution in [3.8, 4) is 6.19 Å². The van der Waals surface area contributed by atoms with Gasteiger partial charge in [-0.1, -0.05) is 16.4 Å². The lowest BCUT2D eigenvalue weighted by molar-refractivity contribution is -0.137. The van der Waals surface area contributed by atoms with Crippen LogP contribution >= 0.6 is 0 Å². The largest absolute Gasteiger partial charge is 0.416 e. The van der Waals surface area contributed by atoms with Gasteiger partial charge in [0.2, 0.25) is 0 Å². The molecule has 0 saturated heterocycles. The van der Waals surface area contributed by atoms with Crippen LogP contribution in [0.15, 0.2) is 33.9 Å². The molecule has 0 spiro atoms. The number of halogens is 3. The third-order valence-electron chi connectivity index (χ3n) is 3.79. The van der Waals surface area contributed by atoms with Crippen molar-refractivity contribution in [2.75, 3.05) is 26.0 Å². The number of hydrogen-bond donors (Lipinski definition) is 3. The molecule has 9 nitrogen and oxygen atoms in total. The molecule has 1 atom stereocenters. The summed E-state index contributed by atoms with van der Waals surface area (Å²) >= 11 is 0. The second-order valence-electron chi connectivity index (χ2n) is 5.91. The summed E-state index contributed by atoms with van der Waals surface area (Å²) < 4.78 is 42.9. The van der Waals surface area contributed by atoms with Gasteiger partial charge in [0.15, 0.2) is 6.19 Å². The molecule has 0 amide bonds. The SMILES string of the molecule is C=NCC.CNC(NCc1nonc1CNc1cccc(C(F)(F)F)c1)N(C)C#N. The number of aliphatic imine (C=N–C) groups is 1. The molecule has 164 valence electrons. The molecule has 1 aromatic carbocycles. The van der Waals surface area contributed by atoms with Crippen LogP contribution in [-0.2, 0) is 19.3 Å². The van der Waals surface area contributed by atoms with Crippen LogP contribution in [0.25, 0.3) is 0 Å². The van der Waals surface area contributed by atoms with E-state index in [9.17, 15) is 13.2 Å². The normalized spacial score (nSPS) is 11.6. The van der Waals surface area contributed by atoms with E-state index in [0.29, 0.717) is 17.1 Å². The fraction of sp³-hybridized carbons (Fsp3) is 0.444. The van der Waals surface area contributed by atoms with Crippen molar-refractivity contribution in [3.63, 3.8) is 0 Å². The summed E-state index contributed by atoms with van der Waals surface area (Å²) in [6.07, 6.45) is -2.85. The van der Waals surface area contributed by atoms with Crippen LogP contribution in [0.3, 0.4) is 0 Å². The topological polar surface area (TPSA) is 114 Å². The lowest BCUT2D eigenvalue weighted by Gasteiger charge is -2.23. The molecule has 1 aromatic heterocycles. The van der Waals surface area contributed by atoms with E-state index in [1.165, 1.54) is 17.0 Å². The van der Waals surface area contributed by atoms with Crippen LogP contribution in [0, 0.1) is 11.5 Å². The molecule has 0 aliphatic carbocycles. The Hall–Kier alpha value is -3.17. The molecule has 0 bridgehead atoms. The van der Waals surface area contributed by atoms with Crippen LogP contribution in [0.5, 0.6) is 0 Å². The first-order valence-electron chi connectivity index (χ1n) is 8.93. The first kappa shape index (κ1) is 24.9. The molecule has 2 rings (SSSR count). The third kappa shape index (κ3) is 8.06. The number of nitriles is 1. The highest BCUT2D eigenvalue weighted by molar-refractivity contribution is 5.46. The summed E-state index contributed by atoms with van der Waals surface area (Å²) in [6, 6.07) is 4.87. The Morgan fingerprint density at radius 1 is 1.30 bits per heavy atom. The van der Waals surface area contributed by atoms with Gasteiger partial charge in [0.1, 0.15) is 17.7 Å². The summed E-state index contributed by atoms with van der Waals surface area (Å²) in [4.78, 5) is 4.86. The van der Waals surface area contributed by atoms with Crippen molar-refractivity contribution >= 4 is 12.4 Å². The molecule has 1 unspecified atom stereocenters. The average molecular weight is 426 g/mol. The first-order chi connectivity index (χ1) is 14.3. The highest BCUT2D eigenvalue weighted by atomic mass is 19.4. The lowest BCUT2D eigenvalue weighted by atomic mass is 10.2. The van der Waals surface area contributed by atoms with Crippen molar-refractivity contribution < 1.29 is 17.8 Å². The Kier molecular flexibility index (Phi) is 10.3. The van der Waals surface area contributed by atoms with Gasteiger partial charge in [0.25, 0.3) is 0 Å². The predicted octanol–water partition coefficient (Wildman–Crippen LogP) is 2.41. The lowest BCUT2D eigenvalue weighted by Crippen LogP contribution is -2.49. The molecule has 30 heavy (non-hydrogen) atoms. The minimum absolute atomic E-state index is 0.139. The van der Waals surface area contributed by atoms with E-state index in [1.54, 1.807) is 14.1 Å². The maximum atomic E-state index is 12.7. The highest BCUT2D eigenvalue weighted by Crippen LogP contribution is 2.30. The molecular weight excluding hydrogens is 401 g/mol. The van der Waals surface area contributed by atoms with Gasteiger partial charge in [-0.2, -0.15) is 18.4 Å². The summed E-state index contributed by atoms with van der Waals surface area (Å²) in [5.74, 6) is 0. The summed E-state index contributed by atoms with van der Waals surface area (Å²) in [5.41, 5.74) is 0.499. The van der Waals surface area contributed by atoms with E-state index in [0.717, 1.165) is 18.7 Å². The number of nitrogens with zero attached hydrogens (tertiary/aromatic N) is 5. The van der Waals surface area contributed by atoms with Gasteiger partial charge in [0.05, 0.1) is 12.1 Å². The predicted molar refractivity (Wildman–Crippen MR) is 106 cm³/mol. The number of rotatable bonds is 9. The van der Waals surface area contributed by atoms with Gasteiger partial charge < -0.3 is 10.3 Å². The number of anilines is 1. The summed E-state index contributed by atoms with van der Waals surface area (Å²) in [5, 5.41) is 25.3. The number of benzene rings is 1. The maximum Gasteiger partial charge on any atom is 0.416 e. The molecule has 0 aliphatic heterocycles. The monoisotopic (exact) mass is 426 g/mol. The van der Waals surface area contributed by atoms with Crippen LogP contribution in [0.2, 0.25) is 0 Å². The maximum absolute atomic E-state index is 12.7. The van der Waals surface area contributed by atoms with E-state index in [1.807, 2.05) is 13.1 Å². The molecule has 3 N–H and O–H groups in total. The van der Waals surface area contributed by atoms with Gasteiger partial charge in [-0.05, 0) is 38.9 Å². The smallest absolute Gasteiger partial charge is 0.379 e. The van der Waals surface area contributed by atoms with Gasteiger partial charge in [-0.15, -0.1) is 0 Å². The second-order valence-corrected chi connectivity index (χ2v) is 5.91. The van der Waals surface area contributed by atoms with Crippen molar-refractivity contribution in [2.45, 2.75) is 32.5 Å². The second kappa shape index (κ2) is 12.4. The Balaban J connectivity index is 0.00000103. The van der Waals surface area contributed by atoms with Gasteiger partial charge in [0, 0.05) is 25.8 Å². The van der Waals surface area contributed by atoms with E-state index >= 15 is 0 Å². The van der Waals surface area contributed by atoms with E-state index in [-0.39, 0.29) is 13.1 Å². The number of nitrogens with one attached hydrogen (secondary N) is 3. The van der Waals surface area contributed by atoms with Crippen LogP contribution in [0.4, 0.5) is 18.9 Å². The highest BCUT2D eigenvalue weighted by Gasteiger charge is 2.30. The zero-order valence-electron chi connectivity index (χ0n) is 17.0. The van der Waals surface area contributed by atoms with Crippen molar-refractivity contribution in [1.29, 1.82) is 5.26 Å². The van der Waals surface area contributed by atoms with E-state index in [4.69, 9.17) is 9.89 Å². The minimum Gasteiger partial charge on any atom is -0.379 e. The third-order valence-corrected chi connectivity index (χ3v) is 3.79. The molecule has 2 aromatic rings. The van der Waals surface area contributed by atoms with Crippen molar-refractivity contribution in [1.82, 2.24) is 25.8 Å². The minimum atomic E-state index is -4.41. The Labute approximate surface area is 172 Å². The van der Waals surface area contributed by atoms with Crippen LogP contribution in [-0.4, -0.2) is 48.9 Å². The zero-order valence-corrected chi connectivity index (χ0v) is 17.0. The molecular formula is C18H25F3N8O. The Morgan fingerprint density at radius 2 is 1.93 bits per heavy atom. The molecule has 0 aliphatic rings. The van der Waals surface area contributed by atoms with E-state index in [2.05, 4.69) is 38.0 Å². The fourth-order valence-corrected chi connectivity index (χ4v) is 2.17. The first-order valence-corrected chi connectivity index (χ1v) is 8.93. The van der Waals surface area contributed by atoms with Crippen LogP contribution in [0.1, 0.15) is 23.9 Å². The molecule has 0 fully saturated rings. The molecule has 0 radical (unpaired) electrons. The van der Waals surface area contributed by atoms with Crippen LogP contribution < -0.4 is 16.0 Å². The van der Waals surface area contributed by atoms with Gasteiger partial charge in [-0.3, -0.25) is 15.5 Å². The Bertz CT molecular complexity index is 818. The van der Waals surface area contributed by atoms with E-state index < -0.39 is 18.0 Å². The van der Waals surface area contributed by atoms with Crippen molar-refractivity contribution in [2.24, 2.45) is 4.99 Å². The summed E-state index contributed by atoms with van der Waals surface area (Å²) in [7, 11) is 3.29. The summed E-state index contributed by atoms with van der Waals surface area (Å²) in [6.45, 7) is 6.40. The molecule has 12 heteroatoms. The molecule has 0 saturated carbocycles. The average Bonchev–Trinajstić information content (AvgIpc) is 3.19. The number of aromatic nitrogens is 2. The number of alkyl halides is 3. The fourth-order valence-electron chi connectivity index (χ4n) is 2.17. The van der Waals surface area contributed by atoms with Gasteiger partial charge >= 0.3 is 6.18 Å². The van der Waals surface area contributed by atoms with Gasteiger partial charge in [-0.25, -0.2) is 4.63 Å². The quantitative estimate of drug-likeness (QED) is 0.242. The molecule has 1 heterocycles. The van der Waals surface area contributed by atoms with Crippen molar-refractivity contribution in [3.05, 3.63) is 41.2 Å². The number of hydrogen-bond acceptors (Lipinski definition) is 9. The Morgan fingerprint density at radius 3 is 2.47 bits per heavy atom. The standard InChI is InChI=1S/C15H18F3N7O.C3H7N/c1-20-14(25(2)9-19)22-8-13-12(23-26-24-13)7-21-11-5-3-4-10(6-11)15(16,17)18;1-3-4-2/h3-6,14,20-22H,7-8H2,1-2H3;2-3H2,1H3.